The molecule has 0 spiro atoms. The van der Waals surface area contributed by atoms with Crippen LogP contribution in [0.1, 0.15) is 0 Å². The van der Waals surface area contributed by atoms with Gasteiger partial charge in [0.05, 0.1) is 17.6 Å². The third-order valence-corrected chi connectivity index (χ3v) is 3.06. The molecule has 3 nitrogen and oxygen atoms in total. The summed E-state index contributed by atoms with van der Waals surface area (Å²) in [6.45, 7) is 0.453. The Labute approximate surface area is 109 Å². The van der Waals surface area contributed by atoms with Crippen LogP contribution in [0.3, 0.4) is 0 Å². The summed E-state index contributed by atoms with van der Waals surface area (Å²) in [6, 6.07) is 14.0. The highest BCUT2D eigenvalue weighted by Gasteiger charge is 2.12. The minimum atomic E-state index is -0.292. The molecule has 0 fully saturated rings. The Hall–Kier alpha value is -2.20. The van der Waals surface area contributed by atoms with Gasteiger partial charge in [-0.2, -0.15) is 0 Å². The molecule has 0 amide bonds. The van der Waals surface area contributed by atoms with Crippen molar-refractivity contribution in [2.75, 3.05) is 6.61 Å². The number of hydrogen-bond acceptors (Lipinski definition) is 2. The summed E-state index contributed by atoms with van der Waals surface area (Å²) in [5.74, 6) is 0.384. The van der Waals surface area contributed by atoms with Crippen molar-refractivity contribution in [2.24, 2.45) is 0 Å². The summed E-state index contributed by atoms with van der Waals surface area (Å²) in [6.07, 6.45) is 0. The zero-order valence-corrected chi connectivity index (χ0v) is 10.3. The van der Waals surface area contributed by atoms with E-state index in [1.807, 2.05) is 34.9 Å². The highest BCUT2D eigenvalue weighted by atomic mass is 19.1. The van der Waals surface area contributed by atoms with Crippen molar-refractivity contribution in [1.29, 1.82) is 0 Å². The number of aromatic nitrogens is 2. The summed E-state index contributed by atoms with van der Waals surface area (Å²) < 4.78 is 15.2. The van der Waals surface area contributed by atoms with Crippen LogP contribution in [0.2, 0.25) is 0 Å². The molecular weight excluding hydrogens is 243 g/mol. The second-order valence-corrected chi connectivity index (χ2v) is 4.31. The van der Waals surface area contributed by atoms with Crippen LogP contribution in [0, 0.1) is 5.82 Å². The number of nitrogens with zero attached hydrogens (tertiary/aromatic N) is 2. The van der Waals surface area contributed by atoms with Gasteiger partial charge in [-0.15, -0.1) is 0 Å². The van der Waals surface area contributed by atoms with Gasteiger partial charge < -0.3 is 9.67 Å². The number of halogens is 1. The highest BCUT2D eigenvalue weighted by Crippen LogP contribution is 2.25. The van der Waals surface area contributed by atoms with Crippen LogP contribution in [0.4, 0.5) is 4.39 Å². The lowest BCUT2D eigenvalue weighted by molar-refractivity contribution is 0.278. The van der Waals surface area contributed by atoms with E-state index in [2.05, 4.69) is 4.98 Å². The minimum absolute atomic E-state index is 0.0165. The van der Waals surface area contributed by atoms with E-state index in [1.54, 1.807) is 6.07 Å². The maximum atomic E-state index is 13.3. The van der Waals surface area contributed by atoms with Crippen molar-refractivity contribution < 1.29 is 9.50 Å². The summed E-state index contributed by atoms with van der Waals surface area (Å²) >= 11 is 0. The van der Waals surface area contributed by atoms with Crippen LogP contribution >= 0.6 is 0 Å². The van der Waals surface area contributed by atoms with E-state index in [0.717, 1.165) is 11.0 Å². The lowest BCUT2D eigenvalue weighted by Gasteiger charge is -2.07. The Balaban J connectivity index is 2.25. The first-order valence-electron chi connectivity index (χ1n) is 6.11. The molecule has 1 N–H and O–H groups in total. The van der Waals surface area contributed by atoms with Crippen LogP contribution in [-0.4, -0.2) is 21.3 Å². The van der Waals surface area contributed by atoms with Gasteiger partial charge in [-0.1, -0.05) is 24.3 Å². The number of aliphatic hydroxyl groups is 1. The summed E-state index contributed by atoms with van der Waals surface area (Å²) in [5, 5.41) is 9.20. The molecule has 0 radical (unpaired) electrons. The van der Waals surface area contributed by atoms with Crippen molar-refractivity contribution in [3.05, 3.63) is 54.3 Å². The van der Waals surface area contributed by atoms with Crippen molar-refractivity contribution in [3.63, 3.8) is 0 Å². The highest BCUT2D eigenvalue weighted by molar-refractivity contribution is 5.80. The molecule has 0 saturated heterocycles. The fourth-order valence-electron chi connectivity index (χ4n) is 2.25. The van der Waals surface area contributed by atoms with Gasteiger partial charge in [0.1, 0.15) is 11.6 Å². The van der Waals surface area contributed by atoms with E-state index >= 15 is 0 Å². The Morgan fingerprint density at radius 2 is 1.95 bits per heavy atom. The second kappa shape index (κ2) is 4.82. The predicted molar refractivity (Wildman–Crippen MR) is 72.2 cm³/mol. The second-order valence-electron chi connectivity index (χ2n) is 4.31. The number of hydrogen-bond donors (Lipinski definition) is 1. The SMILES string of the molecule is OCCn1c(-c2cccc(F)c2)nc2ccccc21. The van der Waals surface area contributed by atoms with Crippen LogP contribution in [0.5, 0.6) is 0 Å². The van der Waals surface area contributed by atoms with Crippen molar-refractivity contribution in [1.82, 2.24) is 9.55 Å². The fraction of sp³-hybridized carbons (Fsp3) is 0.133. The van der Waals surface area contributed by atoms with Gasteiger partial charge in [0.2, 0.25) is 0 Å². The van der Waals surface area contributed by atoms with Crippen molar-refractivity contribution >= 4 is 11.0 Å². The molecule has 0 unspecified atom stereocenters. The Morgan fingerprint density at radius 3 is 2.74 bits per heavy atom. The average molecular weight is 256 g/mol. The molecule has 2 aromatic carbocycles. The molecule has 19 heavy (non-hydrogen) atoms. The van der Waals surface area contributed by atoms with Gasteiger partial charge in [0.15, 0.2) is 0 Å². The third kappa shape index (κ3) is 2.11. The summed E-state index contributed by atoms with van der Waals surface area (Å²) in [5.41, 5.74) is 2.50. The maximum absolute atomic E-state index is 13.3. The van der Waals surface area contributed by atoms with E-state index in [-0.39, 0.29) is 12.4 Å². The van der Waals surface area contributed by atoms with Gasteiger partial charge in [-0.25, -0.2) is 9.37 Å². The van der Waals surface area contributed by atoms with E-state index in [9.17, 15) is 9.50 Å². The minimum Gasteiger partial charge on any atom is -0.395 e. The predicted octanol–water partition coefficient (Wildman–Crippen LogP) is 2.83. The van der Waals surface area contributed by atoms with Gasteiger partial charge in [-0.05, 0) is 24.3 Å². The molecule has 1 aromatic heterocycles. The molecule has 0 saturated carbocycles. The quantitative estimate of drug-likeness (QED) is 0.782. The first kappa shape index (κ1) is 11.9. The third-order valence-electron chi connectivity index (χ3n) is 3.06. The summed E-state index contributed by atoms with van der Waals surface area (Å²) in [4.78, 5) is 4.53. The standard InChI is InChI=1S/C15H13FN2O/c16-12-5-3-4-11(10-12)15-17-13-6-1-2-7-14(13)18(15)8-9-19/h1-7,10,19H,8-9H2. The molecule has 3 aromatic rings. The largest absolute Gasteiger partial charge is 0.395 e. The molecule has 0 aliphatic carbocycles. The number of fused-ring (bicyclic) bond motifs is 1. The zero-order valence-electron chi connectivity index (χ0n) is 10.3. The topological polar surface area (TPSA) is 38.0 Å². The number of para-hydroxylation sites is 2. The van der Waals surface area contributed by atoms with Crippen LogP contribution in [0.25, 0.3) is 22.4 Å². The van der Waals surface area contributed by atoms with Gasteiger partial charge in [0.25, 0.3) is 0 Å². The molecule has 0 atom stereocenters. The smallest absolute Gasteiger partial charge is 0.141 e. The van der Waals surface area contributed by atoms with E-state index < -0.39 is 0 Å². The molecule has 0 bridgehead atoms. The molecule has 0 aliphatic heterocycles. The van der Waals surface area contributed by atoms with E-state index in [1.165, 1.54) is 12.1 Å². The van der Waals surface area contributed by atoms with Crippen LogP contribution in [0.15, 0.2) is 48.5 Å². The fourth-order valence-corrected chi connectivity index (χ4v) is 2.25. The number of aliphatic hydroxyl groups excluding tert-OH is 1. The molecule has 96 valence electrons. The average Bonchev–Trinajstić information content (AvgIpc) is 2.79. The van der Waals surface area contributed by atoms with Crippen LogP contribution in [-0.2, 0) is 6.54 Å². The molecule has 0 aliphatic rings. The Kier molecular flexibility index (Phi) is 3.01. The monoisotopic (exact) mass is 256 g/mol. The van der Waals surface area contributed by atoms with Crippen LogP contribution < -0.4 is 0 Å². The Bertz CT molecular complexity index is 721. The van der Waals surface area contributed by atoms with Gasteiger partial charge >= 0.3 is 0 Å². The Morgan fingerprint density at radius 1 is 1.11 bits per heavy atom. The lowest BCUT2D eigenvalue weighted by atomic mass is 10.2. The van der Waals surface area contributed by atoms with E-state index in [0.29, 0.717) is 17.9 Å². The van der Waals surface area contributed by atoms with Gasteiger partial charge in [-0.3, -0.25) is 0 Å². The molecule has 4 heteroatoms. The number of rotatable bonds is 3. The first-order chi connectivity index (χ1) is 9.29. The molecular formula is C15H13FN2O. The van der Waals surface area contributed by atoms with E-state index in [4.69, 9.17) is 0 Å². The normalized spacial score (nSPS) is 11.1. The van der Waals surface area contributed by atoms with Crippen molar-refractivity contribution in [3.8, 4) is 11.4 Å². The lowest BCUT2D eigenvalue weighted by Crippen LogP contribution is -2.04. The number of imidazole rings is 1. The van der Waals surface area contributed by atoms with Crippen molar-refractivity contribution in [2.45, 2.75) is 6.54 Å². The molecule has 1 heterocycles. The first-order valence-corrected chi connectivity index (χ1v) is 6.11. The number of benzene rings is 2. The van der Waals surface area contributed by atoms with Gasteiger partial charge in [0, 0.05) is 12.1 Å². The summed E-state index contributed by atoms with van der Waals surface area (Å²) in [7, 11) is 0. The molecule has 3 rings (SSSR count). The zero-order chi connectivity index (χ0) is 13.2. The maximum Gasteiger partial charge on any atom is 0.141 e.